The molecule has 5 nitrogen and oxygen atoms in total. The lowest BCUT2D eigenvalue weighted by Crippen LogP contribution is -2.30. The van der Waals surface area contributed by atoms with Gasteiger partial charge in [0.2, 0.25) is 5.95 Å². The number of rotatable bonds is 3. The van der Waals surface area contributed by atoms with Crippen LogP contribution in [0.2, 0.25) is 0 Å². The molecular weight excluding hydrogens is 190 g/mol. The fourth-order valence-corrected chi connectivity index (χ4v) is 1.94. The van der Waals surface area contributed by atoms with Crippen LogP contribution in [-0.4, -0.2) is 32.1 Å². The molecule has 72 valence electrons. The summed E-state index contributed by atoms with van der Waals surface area (Å²) < 4.78 is 1.62. The zero-order valence-corrected chi connectivity index (χ0v) is 8.20. The van der Waals surface area contributed by atoms with Gasteiger partial charge in [0.1, 0.15) is 0 Å². The number of halogens is 1. The Labute approximate surface area is 81.5 Å². The van der Waals surface area contributed by atoms with Gasteiger partial charge in [0.05, 0.1) is 0 Å². The lowest BCUT2D eigenvalue weighted by atomic mass is 9.85. The van der Waals surface area contributed by atoms with Gasteiger partial charge in [-0.2, -0.15) is 0 Å². The predicted octanol–water partition coefficient (Wildman–Crippen LogP) is 0.639. The minimum absolute atomic E-state index is 0.379. The van der Waals surface area contributed by atoms with Gasteiger partial charge in [0.15, 0.2) is 0 Å². The average molecular weight is 202 g/mol. The quantitative estimate of drug-likeness (QED) is 0.730. The third kappa shape index (κ3) is 1.91. The van der Waals surface area contributed by atoms with Crippen LogP contribution in [0, 0.1) is 5.92 Å². The second kappa shape index (κ2) is 3.49. The number of aryl methyl sites for hydroxylation is 1. The Morgan fingerprint density at radius 3 is 2.92 bits per heavy atom. The molecule has 0 bridgehead atoms. The molecule has 0 spiro atoms. The van der Waals surface area contributed by atoms with E-state index >= 15 is 0 Å². The number of nitrogens with one attached hydrogen (secondary N) is 1. The third-order valence-electron chi connectivity index (χ3n) is 2.35. The SMILES string of the molecule is Cn1nnnc1NCC1CC(Cl)C1. The highest BCUT2D eigenvalue weighted by Crippen LogP contribution is 2.31. The maximum Gasteiger partial charge on any atom is 0.242 e. The van der Waals surface area contributed by atoms with Crippen molar-refractivity contribution in [3.05, 3.63) is 0 Å². The van der Waals surface area contributed by atoms with Crippen LogP contribution >= 0.6 is 11.6 Å². The molecule has 1 aromatic rings. The van der Waals surface area contributed by atoms with Gasteiger partial charge in [-0.15, -0.1) is 11.6 Å². The van der Waals surface area contributed by atoms with E-state index in [-0.39, 0.29) is 0 Å². The van der Waals surface area contributed by atoms with Crippen molar-refractivity contribution in [3.63, 3.8) is 0 Å². The van der Waals surface area contributed by atoms with Crippen LogP contribution < -0.4 is 5.32 Å². The molecule has 1 heterocycles. The number of hydrogen-bond acceptors (Lipinski definition) is 4. The molecule has 0 saturated heterocycles. The topological polar surface area (TPSA) is 55.6 Å². The van der Waals surface area contributed by atoms with Crippen molar-refractivity contribution >= 4 is 17.5 Å². The van der Waals surface area contributed by atoms with Crippen molar-refractivity contribution in [3.8, 4) is 0 Å². The summed E-state index contributed by atoms with van der Waals surface area (Å²) in [5, 5.41) is 14.6. The zero-order valence-electron chi connectivity index (χ0n) is 7.44. The molecule has 1 fully saturated rings. The van der Waals surface area contributed by atoms with E-state index in [1.807, 2.05) is 7.05 Å². The van der Waals surface area contributed by atoms with Crippen LogP contribution in [-0.2, 0) is 7.05 Å². The van der Waals surface area contributed by atoms with Gasteiger partial charge in [0.25, 0.3) is 0 Å². The van der Waals surface area contributed by atoms with Gasteiger partial charge < -0.3 is 5.32 Å². The molecule has 1 saturated carbocycles. The molecule has 0 aromatic carbocycles. The Morgan fingerprint density at radius 2 is 2.38 bits per heavy atom. The van der Waals surface area contributed by atoms with Crippen molar-refractivity contribution < 1.29 is 0 Å². The maximum atomic E-state index is 5.86. The second-order valence-corrected chi connectivity index (χ2v) is 4.06. The number of anilines is 1. The number of alkyl halides is 1. The van der Waals surface area contributed by atoms with Gasteiger partial charge in [-0.05, 0) is 29.2 Å². The van der Waals surface area contributed by atoms with Crippen LogP contribution in [0.15, 0.2) is 0 Å². The fraction of sp³-hybridized carbons (Fsp3) is 0.857. The first-order chi connectivity index (χ1) is 6.25. The Kier molecular flexibility index (Phi) is 2.35. The van der Waals surface area contributed by atoms with E-state index in [2.05, 4.69) is 20.8 Å². The van der Waals surface area contributed by atoms with Gasteiger partial charge in [0, 0.05) is 19.0 Å². The molecule has 1 aliphatic carbocycles. The first-order valence-corrected chi connectivity index (χ1v) is 4.79. The summed E-state index contributed by atoms with van der Waals surface area (Å²) >= 11 is 5.86. The summed E-state index contributed by atoms with van der Waals surface area (Å²) in [5.74, 6) is 1.40. The van der Waals surface area contributed by atoms with Crippen molar-refractivity contribution in [1.29, 1.82) is 0 Å². The molecule has 1 N–H and O–H groups in total. The number of aromatic nitrogens is 4. The van der Waals surface area contributed by atoms with Crippen LogP contribution in [0.4, 0.5) is 5.95 Å². The number of tetrazole rings is 1. The molecule has 0 radical (unpaired) electrons. The van der Waals surface area contributed by atoms with Gasteiger partial charge >= 0.3 is 0 Å². The summed E-state index contributed by atoms with van der Waals surface area (Å²) in [5.41, 5.74) is 0. The predicted molar refractivity (Wildman–Crippen MR) is 49.7 cm³/mol. The summed E-state index contributed by atoms with van der Waals surface area (Å²) in [6.07, 6.45) is 2.19. The minimum atomic E-state index is 0.379. The summed E-state index contributed by atoms with van der Waals surface area (Å²) in [6.45, 7) is 0.914. The average Bonchev–Trinajstić information content (AvgIpc) is 2.43. The van der Waals surface area contributed by atoms with Gasteiger partial charge in [-0.25, -0.2) is 4.68 Å². The summed E-state index contributed by atoms with van der Waals surface area (Å²) in [4.78, 5) is 0. The second-order valence-electron chi connectivity index (χ2n) is 3.44. The highest BCUT2D eigenvalue weighted by Gasteiger charge is 2.26. The lowest BCUT2D eigenvalue weighted by Gasteiger charge is -2.30. The van der Waals surface area contributed by atoms with E-state index in [0.29, 0.717) is 11.3 Å². The largest absolute Gasteiger partial charge is 0.353 e. The van der Waals surface area contributed by atoms with Crippen LogP contribution in [0.3, 0.4) is 0 Å². The molecule has 2 rings (SSSR count). The standard InChI is InChI=1S/C7H12ClN5/c1-13-7(10-11-12-13)9-4-5-2-6(8)3-5/h5-6H,2-4H2,1H3,(H,9,10,12). The fourth-order valence-electron chi connectivity index (χ4n) is 1.44. The van der Waals surface area contributed by atoms with E-state index < -0.39 is 0 Å². The van der Waals surface area contributed by atoms with Gasteiger partial charge in [-0.1, -0.05) is 5.10 Å². The maximum absolute atomic E-state index is 5.86. The Hall–Kier alpha value is -0.840. The molecule has 6 heteroatoms. The zero-order chi connectivity index (χ0) is 9.26. The summed E-state index contributed by atoms with van der Waals surface area (Å²) in [6, 6.07) is 0. The highest BCUT2D eigenvalue weighted by molar-refractivity contribution is 6.21. The minimum Gasteiger partial charge on any atom is -0.353 e. The van der Waals surface area contributed by atoms with Crippen molar-refractivity contribution in [2.75, 3.05) is 11.9 Å². The van der Waals surface area contributed by atoms with E-state index in [0.717, 1.165) is 25.3 Å². The smallest absolute Gasteiger partial charge is 0.242 e. The molecule has 13 heavy (non-hydrogen) atoms. The number of hydrogen-bond donors (Lipinski definition) is 1. The van der Waals surface area contributed by atoms with E-state index in [1.165, 1.54) is 0 Å². The van der Waals surface area contributed by atoms with Gasteiger partial charge in [-0.3, -0.25) is 0 Å². The Bertz CT molecular complexity index is 280. The summed E-state index contributed by atoms with van der Waals surface area (Å²) in [7, 11) is 1.81. The normalized spacial score (nSPS) is 26.9. The molecule has 0 aliphatic heterocycles. The first kappa shape index (κ1) is 8.74. The van der Waals surface area contributed by atoms with Crippen LogP contribution in [0.5, 0.6) is 0 Å². The van der Waals surface area contributed by atoms with Crippen molar-refractivity contribution in [1.82, 2.24) is 20.2 Å². The van der Waals surface area contributed by atoms with Crippen molar-refractivity contribution in [2.45, 2.75) is 18.2 Å². The molecule has 1 aromatic heterocycles. The lowest BCUT2D eigenvalue weighted by molar-refractivity contribution is 0.340. The molecule has 1 aliphatic rings. The molecule has 0 unspecified atom stereocenters. The van der Waals surface area contributed by atoms with E-state index in [9.17, 15) is 0 Å². The molecule has 0 amide bonds. The molecule has 0 atom stereocenters. The molecular formula is C7H12ClN5. The first-order valence-electron chi connectivity index (χ1n) is 4.36. The van der Waals surface area contributed by atoms with Crippen molar-refractivity contribution in [2.24, 2.45) is 13.0 Å². The van der Waals surface area contributed by atoms with E-state index in [4.69, 9.17) is 11.6 Å². The monoisotopic (exact) mass is 201 g/mol. The Morgan fingerprint density at radius 1 is 1.62 bits per heavy atom. The van der Waals surface area contributed by atoms with Crippen LogP contribution in [0.25, 0.3) is 0 Å². The highest BCUT2D eigenvalue weighted by atomic mass is 35.5. The third-order valence-corrected chi connectivity index (χ3v) is 2.70. The Balaban J connectivity index is 1.77. The van der Waals surface area contributed by atoms with Crippen LogP contribution in [0.1, 0.15) is 12.8 Å². The number of nitrogens with zero attached hydrogens (tertiary/aromatic N) is 4. The van der Waals surface area contributed by atoms with E-state index in [1.54, 1.807) is 4.68 Å².